The van der Waals surface area contributed by atoms with E-state index in [0.717, 1.165) is 4.88 Å². The van der Waals surface area contributed by atoms with Gasteiger partial charge in [0.05, 0.1) is 21.1 Å². The molecular weight excluding hydrogens is 364 g/mol. The van der Waals surface area contributed by atoms with Crippen LogP contribution in [0.5, 0.6) is 0 Å². The molecule has 7 nitrogen and oxygen atoms in total. The van der Waals surface area contributed by atoms with Gasteiger partial charge in [-0.2, -0.15) is 4.98 Å². The number of ether oxygens (including phenoxy) is 1. The van der Waals surface area contributed by atoms with Gasteiger partial charge in [-0.1, -0.05) is 30.3 Å². The number of hydrogen-bond acceptors (Lipinski definition) is 8. The van der Waals surface area contributed by atoms with Crippen LogP contribution in [0.2, 0.25) is 0 Å². The van der Waals surface area contributed by atoms with Gasteiger partial charge in [0.2, 0.25) is 5.82 Å². The molecule has 0 saturated carbocycles. The SMILES string of the molecule is CCS(=O)(=O)c1ccccc1C(=O)OCc1nc(-c2cccs2)no1. The molecule has 0 N–H and O–H groups in total. The fraction of sp³-hybridized carbons (Fsp3) is 0.188. The summed E-state index contributed by atoms with van der Waals surface area (Å²) >= 11 is 1.46. The summed E-state index contributed by atoms with van der Waals surface area (Å²) in [6, 6.07) is 9.64. The standard InChI is InChI=1S/C16H14N2O5S2/c1-2-25(20,21)13-8-4-3-6-11(13)16(19)22-10-14-17-15(18-23-14)12-7-5-9-24-12/h3-9H,2,10H2,1H3. The van der Waals surface area contributed by atoms with Crippen molar-refractivity contribution in [3.63, 3.8) is 0 Å². The van der Waals surface area contributed by atoms with Crippen LogP contribution in [0, 0.1) is 0 Å². The fourth-order valence-electron chi connectivity index (χ4n) is 2.09. The smallest absolute Gasteiger partial charge is 0.339 e. The highest BCUT2D eigenvalue weighted by Crippen LogP contribution is 2.22. The Morgan fingerprint density at radius 1 is 1.24 bits per heavy atom. The summed E-state index contributed by atoms with van der Waals surface area (Å²) in [5.74, 6) is -0.323. The number of nitrogens with zero attached hydrogens (tertiary/aromatic N) is 2. The lowest BCUT2D eigenvalue weighted by atomic mass is 10.2. The summed E-state index contributed by atoms with van der Waals surface area (Å²) < 4.78 is 34.3. The van der Waals surface area contributed by atoms with Gasteiger partial charge in [-0.3, -0.25) is 0 Å². The molecule has 3 rings (SSSR count). The van der Waals surface area contributed by atoms with Crippen LogP contribution in [0.4, 0.5) is 0 Å². The Labute approximate surface area is 148 Å². The molecule has 3 aromatic rings. The maximum absolute atomic E-state index is 12.3. The third-order valence-corrected chi connectivity index (χ3v) is 6.01. The molecule has 2 aromatic heterocycles. The minimum absolute atomic E-state index is 0.0117. The quantitative estimate of drug-likeness (QED) is 0.608. The lowest BCUT2D eigenvalue weighted by Gasteiger charge is -2.08. The van der Waals surface area contributed by atoms with Crippen LogP contribution in [-0.4, -0.2) is 30.3 Å². The van der Waals surface area contributed by atoms with E-state index in [4.69, 9.17) is 9.26 Å². The number of rotatable bonds is 6. The second kappa shape index (κ2) is 7.16. The molecule has 9 heteroatoms. The van der Waals surface area contributed by atoms with Crippen LogP contribution >= 0.6 is 11.3 Å². The van der Waals surface area contributed by atoms with Crippen molar-refractivity contribution >= 4 is 27.1 Å². The summed E-state index contributed by atoms with van der Waals surface area (Å²) in [4.78, 5) is 17.2. The molecule has 0 aliphatic rings. The molecule has 0 amide bonds. The molecule has 2 heterocycles. The number of hydrogen-bond donors (Lipinski definition) is 0. The van der Waals surface area contributed by atoms with Crippen LogP contribution < -0.4 is 0 Å². The summed E-state index contributed by atoms with van der Waals surface area (Å²) in [6.45, 7) is 1.28. The zero-order chi connectivity index (χ0) is 17.9. The first-order valence-corrected chi connectivity index (χ1v) is 9.90. The molecule has 0 aliphatic heterocycles. The van der Waals surface area contributed by atoms with Crippen molar-refractivity contribution in [3.8, 4) is 10.7 Å². The van der Waals surface area contributed by atoms with Crippen molar-refractivity contribution < 1.29 is 22.5 Å². The Kier molecular flexibility index (Phi) is 4.95. The van der Waals surface area contributed by atoms with Gasteiger partial charge in [0.15, 0.2) is 16.4 Å². The highest BCUT2D eigenvalue weighted by atomic mass is 32.2. The first kappa shape index (κ1) is 17.3. The van der Waals surface area contributed by atoms with Gasteiger partial charge in [0.25, 0.3) is 5.89 Å². The Morgan fingerprint density at radius 3 is 2.76 bits per heavy atom. The van der Waals surface area contributed by atoms with Gasteiger partial charge in [-0.05, 0) is 23.6 Å². The molecule has 0 radical (unpaired) electrons. The van der Waals surface area contributed by atoms with Gasteiger partial charge >= 0.3 is 5.97 Å². The highest BCUT2D eigenvalue weighted by molar-refractivity contribution is 7.91. The van der Waals surface area contributed by atoms with E-state index in [-0.39, 0.29) is 28.7 Å². The minimum atomic E-state index is -3.53. The Hall–Kier alpha value is -2.52. The normalized spacial score (nSPS) is 11.4. The van der Waals surface area contributed by atoms with E-state index in [9.17, 15) is 13.2 Å². The number of aromatic nitrogens is 2. The second-order valence-electron chi connectivity index (χ2n) is 4.96. The van der Waals surface area contributed by atoms with Crippen LogP contribution in [0.25, 0.3) is 10.7 Å². The number of carbonyl (C=O) groups is 1. The van der Waals surface area contributed by atoms with Gasteiger partial charge in [0, 0.05) is 0 Å². The number of sulfone groups is 1. The van der Waals surface area contributed by atoms with Gasteiger partial charge in [0.1, 0.15) is 0 Å². The average Bonchev–Trinajstić information content (AvgIpc) is 3.31. The van der Waals surface area contributed by atoms with Crippen LogP contribution in [-0.2, 0) is 21.2 Å². The predicted molar refractivity (Wildman–Crippen MR) is 90.9 cm³/mol. The predicted octanol–water partition coefficient (Wildman–Crippen LogP) is 2.95. The van der Waals surface area contributed by atoms with E-state index >= 15 is 0 Å². The first-order chi connectivity index (χ1) is 12.0. The Bertz CT molecular complexity index is 978. The topological polar surface area (TPSA) is 99.4 Å². The monoisotopic (exact) mass is 378 g/mol. The number of carbonyl (C=O) groups excluding carboxylic acids is 1. The number of benzene rings is 1. The van der Waals surface area contributed by atoms with Crippen molar-refractivity contribution in [2.24, 2.45) is 0 Å². The Balaban J connectivity index is 1.74. The van der Waals surface area contributed by atoms with E-state index in [1.807, 2.05) is 17.5 Å². The molecule has 0 fully saturated rings. The van der Waals surface area contributed by atoms with Crippen molar-refractivity contribution in [2.45, 2.75) is 18.4 Å². The van der Waals surface area contributed by atoms with Crippen molar-refractivity contribution in [2.75, 3.05) is 5.75 Å². The molecule has 1 aromatic carbocycles. The maximum atomic E-state index is 12.3. The zero-order valence-corrected chi connectivity index (χ0v) is 14.8. The number of esters is 1. The first-order valence-electron chi connectivity index (χ1n) is 7.36. The van der Waals surface area contributed by atoms with E-state index in [1.165, 1.54) is 30.4 Å². The van der Waals surface area contributed by atoms with E-state index in [2.05, 4.69) is 10.1 Å². The van der Waals surface area contributed by atoms with Gasteiger partial charge in [-0.25, -0.2) is 13.2 Å². The largest absolute Gasteiger partial charge is 0.452 e. The minimum Gasteiger partial charge on any atom is -0.452 e. The second-order valence-corrected chi connectivity index (χ2v) is 8.16. The average molecular weight is 378 g/mol. The Morgan fingerprint density at radius 2 is 2.04 bits per heavy atom. The third-order valence-electron chi connectivity index (χ3n) is 3.36. The molecule has 0 atom stereocenters. The lowest BCUT2D eigenvalue weighted by Crippen LogP contribution is -2.13. The van der Waals surface area contributed by atoms with Crippen molar-refractivity contribution in [3.05, 3.63) is 53.2 Å². The van der Waals surface area contributed by atoms with Crippen molar-refractivity contribution in [1.29, 1.82) is 0 Å². The lowest BCUT2D eigenvalue weighted by molar-refractivity contribution is 0.0425. The zero-order valence-electron chi connectivity index (χ0n) is 13.2. The molecule has 0 saturated heterocycles. The maximum Gasteiger partial charge on any atom is 0.339 e. The van der Waals surface area contributed by atoms with E-state index < -0.39 is 15.8 Å². The van der Waals surface area contributed by atoms with Crippen molar-refractivity contribution in [1.82, 2.24) is 10.1 Å². The number of thiophene rings is 1. The molecule has 25 heavy (non-hydrogen) atoms. The molecule has 130 valence electrons. The van der Waals surface area contributed by atoms with Crippen LogP contribution in [0.15, 0.2) is 51.2 Å². The summed E-state index contributed by atoms with van der Waals surface area (Å²) in [5, 5.41) is 5.70. The molecule has 0 unspecified atom stereocenters. The summed E-state index contributed by atoms with van der Waals surface area (Å²) in [6.07, 6.45) is 0. The molecule has 0 spiro atoms. The van der Waals surface area contributed by atoms with E-state index in [0.29, 0.717) is 5.82 Å². The highest BCUT2D eigenvalue weighted by Gasteiger charge is 2.22. The van der Waals surface area contributed by atoms with Crippen LogP contribution in [0.3, 0.4) is 0 Å². The fourth-order valence-corrected chi connectivity index (χ4v) is 3.82. The molecule has 0 bridgehead atoms. The van der Waals surface area contributed by atoms with Gasteiger partial charge in [-0.15, -0.1) is 11.3 Å². The van der Waals surface area contributed by atoms with Gasteiger partial charge < -0.3 is 9.26 Å². The summed E-state index contributed by atoms with van der Waals surface area (Å²) in [7, 11) is -3.53. The van der Waals surface area contributed by atoms with Crippen LogP contribution in [0.1, 0.15) is 23.2 Å². The third kappa shape index (κ3) is 3.77. The van der Waals surface area contributed by atoms with E-state index in [1.54, 1.807) is 12.1 Å². The molecule has 0 aliphatic carbocycles. The molecular formula is C16H14N2O5S2. The summed E-state index contributed by atoms with van der Waals surface area (Å²) in [5.41, 5.74) is -0.0117.